The van der Waals surface area contributed by atoms with Gasteiger partial charge in [0.05, 0.1) is 18.3 Å². The Kier molecular flexibility index (Phi) is 3.31. The van der Waals surface area contributed by atoms with Gasteiger partial charge in [0, 0.05) is 6.42 Å². The maximum absolute atomic E-state index is 12.1. The van der Waals surface area contributed by atoms with Crippen molar-refractivity contribution >= 4 is 11.6 Å². The number of hydrogen-bond donors (Lipinski definition) is 1. The fourth-order valence-corrected chi connectivity index (χ4v) is 1.81. The Labute approximate surface area is 100 Å². The SMILES string of the molecule is C#CCC(N)C(=O)N1CCOc2ccccc21. The van der Waals surface area contributed by atoms with E-state index >= 15 is 0 Å². The molecule has 4 heteroatoms. The summed E-state index contributed by atoms with van der Waals surface area (Å²) in [5.41, 5.74) is 6.50. The first-order valence-electron chi connectivity index (χ1n) is 5.46. The second-order valence-electron chi connectivity index (χ2n) is 3.82. The summed E-state index contributed by atoms with van der Waals surface area (Å²) in [6.07, 6.45) is 5.41. The number of fused-ring (bicyclic) bond motifs is 1. The topological polar surface area (TPSA) is 55.6 Å². The number of benzene rings is 1. The van der Waals surface area contributed by atoms with Gasteiger partial charge in [0.25, 0.3) is 0 Å². The molecule has 0 saturated heterocycles. The first-order chi connectivity index (χ1) is 8.24. The third kappa shape index (κ3) is 2.24. The molecule has 4 nitrogen and oxygen atoms in total. The summed E-state index contributed by atoms with van der Waals surface area (Å²) >= 11 is 0. The van der Waals surface area contributed by atoms with E-state index in [1.807, 2.05) is 24.3 Å². The molecule has 1 aromatic carbocycles. The summed E-state index contributed by atoms with van der Waals surface area (Å²) in [4.78, 5) is 13.7. The van der Waals surface area contributed by atoms with Gasteiger partial charge in [-0.3, -0.25) is 4.79 Å². The highest BCUT2D eigenvalue weighted by Gasteiger charge is 2.26. The summed E-state index contributed by atoms with van der Waals surface area (Å²) < 4.78 is 5.47. The van der Waals surface area contributed by atoms with Crippen LogP contribution in [0, 0.1) is 12.3 Å². The molecular formula is C13H14N2O2. The number of nitrogens with zero attached hydrogens (tertiary/aromatic N) is 1. The molecule has 0 spiro atoms. The molecule has 88 valence electrons. The number of rotatable bonds is 2. The molecule has 1 aliphatic heterocycles. The van der Waals surface area contributed by atoms with E-state index in [1.54, 1.807) is 4.90 Å². The zero-order valence-electron chi connectivity index (χ0n) is 9.43. The van der Waals surface area contributed by atoms with E-state index in [4.69, 9.17) is 16.9 Å². The van der Waals surface area contributed by atoms with Gasteiger partial charge in [0.2, 0.25) is 5.91 Å². The molecule has 1 aliphatic rings. The molecule has 2 N–H and O–H groups in total. The molecule has 0 aliphatic carbocycles. The molecule has 1 unspecified atom stereocenters. The van der Waals surface area contributed by atoms with Gasteiger partial charge in [-0.25, -0.2) is 0 Å². The van der Waals surface area contributed by atoms with Crippen molar-refractivity contribution in [2.24, 2.45) is 5.73 Å². The summed E-state index contributed by atoms with van der Waals surface area (Å²) in [6.45, 7) is 0.986. The number of nitrogens with two attached hydrogens (primary N) is 1. The second-order valence-corrected chi connectivity index (χ2v) is 3.82. The summed E-state index contributed by atoms with van der Waals surface area (Å²) in [6, 6.07) is 6.76. The number of anilines is 1. The van der Waals surface area contributed by atoms with Crippen LogP contribution in [0.15, 0.2) is 24.3 Å². The van der Waals surface area contributed by atoms with Crippen molar-refractivity contribution in [2.75, 3.05) is 18.1 Å². The van der Waals surface area contributed by atoms with E-state index in [0.29, 0.717) is 18.9 Å². The quantitative estimate of drug-likeness (QED) is 0.763. The minimum atomic E-state index is -0.647. The third-order valence-electron chi connectivity index (χ3n) is 2.65. The van der Waals surface area contributed by atoms with Gasteiger partial charge < -0.3 is 15.4 Å². The second kappa shape index (κ2) is 4.89. The predicted octanol–water partition coefficient (Wildman–Crippen LogP) is 0.763. The Bertz CT molecular complexity index is 465. The molecule has 2 rings (SSSR count). The molecule has 1 heterocycles. The smallest absolute Gasteiger partial charge is 0.245 e. The molecular weight excluding hydrogens is 216 g/mol. The molecule has 0 fully saturated rings. The first-order valence-corrected chi connectivity index (χ1v) is 5.46. The molecule has 0 saturated carbocycles. The van der Waals surface area contributed by atoms with Crippen molar-refractivity contribution in [3.05, 3.63) is 24.3 Å². The standard InChI is InChI=1S/C13H14N2O2/c1-2-5-10(14)13(16)15-8-9-17-12-7-4-3-6-11(12)15/h1,3-4,6-7,10H,5,8-9,14H2. The van der Waals surface area contributed by atoms with E-state index < -0.39 is 6.04 Å². The van der Waals surface area contributed by atoms with Gasteiger partial charge in [-0.1, -0.05) is 12.1 Å². The summed E-state index contributed by atoms with van der Waals surface area (Å²) in [5, 5.41) is 0. The molecule has 0 bridgehead atoms. The van der Waals surface area contributed by atoms with Crippen molar-refractivity contribution in [1.29, 1.82) is 0 Å². The number of carbonyl (C=O) groups is 1. The van der Waals surface area contributed by atoms with Crippen LogP contribution in [0.5, 0.6) is 5.75 Å². The van der Waals surface area contributed by atoms with E-state index in [9.17, 15) is 4.79 Å². The van der Waals surface area contributed by atoms with Gasteiger partial charge in [0.1, 0.15) is 12.4 Å². The highest BCUT2D eigenvalue weighted by atomic mass is 16.5. The molecule has 17 heavy (non-hydrogen) atoms. The number of ether oxygens (including phenoxy) is 1. The van der Waals surface area contributed by atoms with E-state index in [2.05, 4.69) is 5.92 Å². The highest BCUT2D eigenvalue weighted by Crippen LogP contribution is 2.31. The number of terminal acetylenes is 1. The Balaban J connectivity index is 2.24. The normalized spacial score (nSPS) is 15.4. The maximum Gasteiger partial charge on any atom is 0.245 e. The highest BCUT2D eigenvalue weighted by molar-refractivity contribution is 5.98. The Morgan fingerprint density at radius 3 is 3.12 bits per heavy atom. The zero-order chi connectivity index (χ0) is 12.3. The van der Waals surface area contributed by atoms with Crippen LogP contribution in [0.1, 0.15) is 6.42 Å². The maximum atomic E-state index is 12.1. The lowest BCUT2D eigenvalue weighted by atomic mass is 10.1. The van der Waals surface area contributed by atoms with E-state index in [1.165, 1.54) is 0 Å². The number of amides is 1. The minimum absolute atomic E-state index is 0.154. The van der Waals surface area contributed by atoms with E-state index in [0.717, 1.165) is 5.69 Å². The van der Waals surface area contributed by atoms with Gasteiger partial charge in [-0.15, -0.1) is 12.3 Å². The van der Waals surface area contributed by atoms with Crippen molar-refractivity contribution in [3.8, 4) is 18.1 Å². The summed E-state index contributed by atoms with van der Waals surface area (Å²) in [5.74, 6) is 2.96. The largest absolute Gasteiger partial charge is 0.490 e. The van der Waals surface area contributed by atoms with Crippen LogP contribution in [0.2, 0.25) is 0 Å². The predicted molar refractivity (Wildman–Crippen MR) is 65.7 cm³/mol. The Morgan fingerprint density at radius 2 is 2.35 bits per heavy atom. The third-order valence-corrected chi connectivity index (χ3v) is 2.65. The van der Waals surface area contributed by atoms with Crippen molar-refractivity contribution in [1.82, 2.24) is 0 Å². The monoisotopic (exact) mass is 230 g/mol. The van der Waals surface area contributed by atoms with E-state index in [-0.39, 0.29) is 12.3 Å². The Hall–Kier alpha value is -1.99. The van der Waals surface area contributed by atoms with Gasteiger partial charge >= 0.3 is 0 Å². The first kappa shape index (κ1) is 11.5. The molecule has 1 atom stereocenters. The number of para-hydroxylation sites is 2. The molecule has 1 aromatic rings. The van der Waals surface area contributed by atoms with Gasteiger partial charge in [-0.2, -0.15) is 0 Å². The average Bonchev–Trinajstić information content (AvgIpc) is 2.37. The van der Waals surface area contributed by atoms with Crippen LogP contribution >= 0.6 is 0 Å². The van der Waals surface area contributed by atoms with Crippen LogP contribution in [-0.4, -0.2) is 25.1 Å². The minimum Gasteiger partial charge on any atom is -0.490 e. The van der Waals surface area contributed by atoms with Crippen molar-refractivity contribution < 1.29 is 9.53 Å². The zero-order valence-corrected chi connectivity index (χ0v) is 9.43. The van der Waals surface area contributed by atoms with Crippen molar-refractivity contribution in [2.45, 2.75) is 12.5 Å². The van der Waals surface area contributed by atoms with Crippen molar-refractivity contribution in [3.63, 3.8) is 0 Å². The van der Waals surface area contributed by atoms with Crippen LogP contribution in [-0.2, 0) is 4.79 Å². The average molecular weight is 230 g/mol. The Morgan fingerprint density at radius 1 is 1.59 bits per heavy atom. The lowest BCUT2D eigenvalue weighted by molar-refractivity contribution is -0.120. The lowest BCUT2D eigenvalue weighted by Crippen LogP contribution is -2.47. The van der Waals surface area contributed by atoms with Crippen LogP contribution < -0.4 is 15.4 Å². The molecule has 0 aromatic heterocycles. The van der Waals surface area contributed by atoms with Gasteiger partial charge in [-0.05, 0) is 12.1 Å². The lowest BCUT2D eigenvalue weighted by Gasteiger charge is -2.30. The fraction of sp³-hybridized carbons (Fsp3) is 0.308. The molecule has 1 amide bonds. The summed E-state index contributed by atoms with van der Waals surface area (Å²) in [7, 11) is 0. The number of hydrogen-bond acceptors (Lipinski definition) is 3. The molecule has 0 radical (unpaired) electrons. The van der Waals surface area contributed by atoms with Crippen LogP contribution in [0.25, 0.3) is 0 Å². The van der Waals surface area contributed by atoms with Crippen LogP contribution in [0.4, 0.5) is 5.69 Å². The number of carbonyl (C=O) groups excluding carboxylic acids is 1. The van der Waals surface area contributed by atoms with Crippen LogP contribution in [0.3, 0.4) is 0 Å². The van der Waals surface area contributed by atoms with Gasteiger partial charge in [0.15, 0.2) is 0 Å². The fourth-order valence-electron chi connectivity index (χ4n) is 1.81.